The van der Waals surface area contributed by atoms with Crippen LogP contribution in [0.2, 0.25) is 10.0 Å². The normalized spacial score (nSPS) is 23.9. The number of halogens is 2. The summed E-state index contributed by atoms with van der Waals surface area (Å²) in [5.74, 6) is 0.118. The molecular weight excluding hydrogens is 285 g/mol. The summed E-state index contributed by atoms with van der Waals surface area (Å²) in [7, 11) is 0. The number of benzene rings is 1. The van der Waals surface area contributed by atoms with Crippen LogP contribution in [-0.4, -0.2) is 23.5 Å². The van der Waals surface area contributed by atoms with Gasteiger partial charge in [0.15, 0.2) is 0 Å². The zero-order valence-electron chi connectivity index (χ0n) is 10.9. The highest BCUT2D eigenvalue weighted by molar-refractivity contribution is 6.40. The van der Waals surface area contributed by atoms with Gasteiger partial charge in [-0.05, 0) is 24.5 Å². The van der Waals surface area contributed by atoms with E-state index in [-0.39, 0.29) is 18.6 Å². The van der Waals surface area contributed by atoms with Gasteiger partial charge in [-0.1, -0.05) is 48.3 Å². The van der Waals surface area contributed by atoms with Crippen LogP contribution < -0.4 is 0 Å². The Balaban J connectivity index is 2.36. The first-order valence-electron chi connectivity index (χ1n) is 6.39. The van der Waals surface area contributed by atoms with Crippen LogP contribution in [0.5, 0.6) is 0 Å². The summed E-state index contributed by atoms with van der Waals surface area (Å²) in [4.78, 5) is 5.50. The molecule has 1 heterocycles. The van der Waals surface area contributed by atoms with Crippen LogP contribution in [0.25, 0.3) is 0 Å². The first kappa shape index (κ1) is 14.6. The van der Waals surface area contributed by atoms with E-state index < -0.39 is 0 Å². The number of aliphatic hydroxyl groups excluding tert-OH is 1. The van der Waals surface area contributed by atoms with Gasteiger partial charge in [-0.25, -0.2) is 0 Å². The van der Waals surface area contributed by atoms with Gasteiger partial charge >= 0.3 is 0 Å². The molecule has 0 aliphatic carbocycles. The topological polar surface area (TPSA) is 41.8 Å². The van der Waals surface area contributed by atoms with E-state index in [0.717, 1.165) is 6.42 Å². The van der Waals surface area contributed by atoms with Gasteiger partial charge in [0.25, 0.3) is 0 Å². The molecule has 0 saturated carbocycles. The van der Waals surface area contributed by atoms with Crippen LogP contribution in [0.4, 0.5) is 0 Å². The number of rotatable bonds is 4. The molecule has 0 bridgehead atoms. The third kappa shape index (κ3) is 2.73. The van der Waals surface area contributed by atoms with Gasteiger partial charge in [0.2, 0.25) is 0 Å². The van der Waals surface area contributed by atoms with Gasteiger partial charge < -0.3 is 9.94 Å². The van der Waals surface area contributed by atoms with Gasteiger partial charge in [0.05, 0.1) is 28.3 Å². The highest BCUT2D eigenvalue weighted by atomic mass is 35.5. The Morgan fingerprint density at radius 1 is 1.37 bits per heavy atom. The van der Waals surface area contributed by atoms with Gasteiger partial charge in [-0.3, -0.25) is 0 Å². The van der Waals surface area contributed by atoms with Crippen molar-refractivity contribution in [1.82, 2.24) is 0 Å². The molecule has 1 N–H and O–H groups in total. The monoisotopic (exact) mass is 301 g/mol. The lowest BCUT2D eigenvalue weighted by atomic mass is 9.86. The van der Waals surface area contributed by atoms with E-state index in [1.165, 1.54) is 0 Å². The fraction of sp³-hybridized carbons (Fsp3) is 0.500. The van der Waals surface area contributed by atoms with Crippen molar-refractivity contribution in [3.05, 3.63) is 33.8 Å². The molecule has 0 radical (unpaired) electrons. The first-order chi connectivity index (χ1) is 9.10. The predicted molar refractivity (Wildman–Crippen MR) is 77.9 cm³/mol. The molecule has 0 aromatic heterocycles. The van der Waals surface area contributed by atoms with Gasteiger partial charge in [0, 0.05) is 5.56 Å². The highest BCUT2D eigenvalue weighted by Crippen LogP contribution is 2.34. The Labute approximate surface area is 123 Å². The molecule has 1 aliphatic rings. The summed E-state index contributed by atoms with van der Waals surface area (Å²) < 4.78 is 0. The number of oxime groups is 1. The highest BCUT2D eigenvalue weighted by Gasteiger charge is 2.38. The van der Waals surface area contributed by atoms with Crippen molar-refractivity contribution in [1.29, 1.82) is 0 Å². The summed E-state index contributed by atoms with van der Waals surface area (Å²) >= 11 is 12.4. The van der Waals surface area contributed by atoms with Crippen LogP contribution in [0, 0.1) is 11.8 Å². The summed E-state index contributed by atoms with van der Waals surface area (Å²) in [5, 5.41) is 14.8. The lowest BCUT2D eigenvalue weighted by molar-refractivity contribution is 0.00886. The molecule has 1 aromatic carbocycles. The maximum atomic E-state index is 9.65. The quantitative estimate of drug-likeness (QED) is 0.920. The Hall–Kier alpha value is -0.770. The van der Waals surface area contributed by atoms with Crippen LogP contribution in [-0.2, 0) is 4.84 Å². The maximum Gasteiger partial charge on any atom is 0.140 e. The number of nitrogens with zero attached hydrogens (tertiary/aromatic N) is 1. The van der Waals surface area contributed by atoms with Crippen molar-refractivity contribution in [2.45, 2.75) is 26.4 Å². The summed E-state index contributed by atoms with van der Waals surface area (Å²) in [5.41, 5.74) is 1.30. The molecule has 1 aromatic rings. The van der Waals surface area contributed by atoms with Gasteiger partial charge in [-0.15, -0.1) is 0 Å². The second-order valence-corrected chi connectivity index (χ2v) is 5.63. The summed E-state index contributed by atoms with van der Waals surface area (Å²) in [6.45, 7) is 4.14. The molecule has 104 valence electrons. The van der Waals surface area contributed by atoms with Crippen LogP contribution in [0.15, 0.2) is 23.4 Å². The van der Waals surface area contributed by atoms with Crippen LogP contribution in [0.1, 0.15) is 25.8 Å². The van der Waals surface area contributed by atoms with Crippen LogP contribution in [0.3, 0.4) is 0 Å². The van der Waals surface area contributed by atoms with E-state index in [0.29, 0.717) is 27.2 Å². The Morgan fingerprint density at radius 2 is 2.00 bits per heavy atom. The summed E-state index contributed by atoms with van der Waals surface area (Å²) in [6.07, 6.45) is 0.831. The molecule has 3 unspecified atom stereocenters. The minimum atomic E-state index is -0.188. The van der Waals surface area contributed by atoms with E-state index in [4.69, 9.17) is 28.0 Å². The SMILES string of the molecule is CCC(C)C1ON=C(c2c(Cl)cccc2Cl)C1CO. The molecule has 0 saturated heterocycles. The maximum absolute atomic E-state index is 9.65. The van der Waals surface area contributed by atoms with Crippen molar-refractivity contribution in [2.24, 2.45) is 17.0 Å². The third-order valence-corrected chi connectivity index (χ3v) is 4.27. The fourth-order valence-electron chi connectivity index (χ4n) is 2.31. The fourth-order valence-corrected chi connectivity index (χ4v) is 2.90. The molecule has 0 spiro atoms. The predicted octanol–water partition coefficient (Wildman–Crippen LogP) is 3.75. The zero-order valence-corrected chi connectivity index (χ0v) is 12.4. The number of hydrogen-bond donors (Lipinski definition) is 1. The molecule has 0 fully saturated rings. The smallest absolute Gasteiger partial charge is 0.140 e. The molecular formula is C14H17Cl2NO2. The Morgan fingerprint density at radius 3 is 2.53 bits per heavy atom. The molecule has 1 aliphatic heterocycles. The average Bonchev–Trinajstić information content (AvgIpc) is 2.81. The average molecular weight is 302 g/mol. The van der Waals surface area contributed by atoms with E-state index in [2.05, 4.69) is 19.0 Å². The van der Waals surface area contributed by atoms with Crippen molar-refractivity contribution >= 4 is 28.9 Å². The number of aliphatic hydroxyl groups is 1. The van der Waals surface area contributed by atoms with E-state index >= 15 is 0 Å². The number of hydrogen-bond acceptors (Lipinski definition) is 3. The zero-order chi connectivity index (χ0) is 14.0. The van der Waals surface area contributed by atoms with Crippen LogP contribution >= 0.6 is 23.2 Å². The molecule has 5 heteroatoms. The van der Waals surface area contributed by atoms with Crippen molar-refractivity contribution < 1.29 is 9.94 Å². The minimum absolute atomic E-state index is 0.0323. The standard InChI is InChI=1S/C14H17Cl2NO2/c1-3-8(2)14-9(7-18)13(17-19-14)12-10(15)5-4-6-11(12)16/h4-6,8-9,14,18H,3,7H2,1-2H3. The lowest BCUT2D eigenvalue weighted by Gasteiger charge is -2.22. The second kappa shape index (κ2) is 6.12. The van der Waals surface area contributed by atoms with E-state index in [1.54, 1.807) is 18.2 Å². The summed E-state index contributed by atoms with van der Waals surface area (Å²) in [6, 6.07) is 5.30. The lowest BCUT2D eigenvalue weighted by Crippen LogP contribution is -2.32. The molecule has 2 rings (SSSR count). The van der Waals surface area contributed by atoms with Gasteiger partial charge in [-0.2, -0.15) is 0 Å². The van der Waals surface area contributed by atoms with Crippen molar-refractivity contribution in [3.8, 4) is 0 Å². The molecule has 0 amide bonds. The first-order valence-corrected chi connectivity index (χ1v) is 7.14. The Bertz CT molecular complexity index is 470. The molecule has 3 atom stereocenters. The largest absolute Gasteiger partial charge is 0.396 e. The molecule has 3 nitrogen and oxygen atoms in total. The third-order valence-electron chi connectivity index (χ3n) is 3.64. The van der Waals surface area contributed by atoms with E-state index in [1.807, 2.05) is 0 Å². The van der Waals surface area contributed by atoms with Gasteiger partial charge in [0.1, 0.15) is 6.10 Å². The Kier molecular flexibility index (Phi) is 4.71. The van der Waals surface area contributed by atoms with Crippen molar-refractivity contribution in [3.63, 3.8) is 0 Å². The minimum Gasteiger partial charge on any atom is -0.396 e. The van der Waals surface area contributed by atoms with E-state index in [9.17, 15) is 5.11 Å². The molecule has 19 heavy (non-hydrogen) atoms. The second-order valence-electron chi connectivity index (χ2n) is 4.82. The van der Waals surface area contributed by atoms with Crippen molar-refractivity contribution in [2.75, 3.05) is 6.61 Å².